The van der Waals surface area contributed by atoms with E-state index in [1.165, 1.54) is 4.31 Å². The number of carbonyl (C=O) groups excluding carboxylic acids is 1. The molecule has 1 saturated heterocycles. The van der Waals surface area contributed by atoms with Crippen molar-refractivity contribution < 1.29 is 17.9 Å². The Morgan fingerprint density at radius 1 is 0.839 bits per heavy atom. The van der Waals surface area contributed by atoms with E-state index >= 15 is 0 Å². The third-order valence-corrected chi connectivity index (χ3v) is 7.14. The molecule has 160 valence electrons. The van der Waals surface area contributed by atoms with Gasteiger partial charge < -0.3 is 4.74 Å². The number of nitrogens with one attached hydrogen (secondary N) is 1. The number of sulfonamides is 1. The van der Waals surface area contributed by atoms with Crippen LogP contribution in [0.5, 0.6) is 0 Å². The molecule has 4 rings (SSSR count). The average molecular weight is 438 g/mol. The Balaban J connectivity index is 1.71. The lowest BCUT2D eigenvalue weighted by molar-refractivity contribution is 0.0730. The van der Waals surface area contributed by atoms with E-state index in [1.807, 2.05) is 36.4 Å². The second kappa shape index (κ2) is 8.99. The highest BCUT2D eigenvalue weighted by atomic mass is 32.2. The molecule has 8 heteroatoms. The summed E-state index contributed by atoms with van der Waals surface area (Å²) >= 11 is 0. The van der Waals surface area contributed by atoms with E-state index in [2.05, 4.69) is 5.43 Å². The van der Waals surface area contributed by atoms with Crippen molar-refractivity contribution in [2.75, 3.05) is 26.3 Å². The highest BCUT2D eigenvalue weighted by Gasteiger charge is 2.26. The zero-order chi connectivity index (χ0) is 21.8. The first-order chi connectivity index (χ1) is 15.0. The van der Waals surface area contributed by atoms with Crippen molar-refractivity contribution in [1.82, 2.24) is 9.73 Å². The van der Waals surface area contributed by atoms with Crippen molar-refractivity contribution >= 4 is 15.9 Å². The molecule has 3 N–H and O–H groups in total. The fourth-order valence-corrected chi connectivity index (χ4v) is 4.97. The minimum absolute atomic E-state index is 0.234. The van der Waals surface area contributed by atoms with Crippen LogP contribution in [-0.4, -0.2) is 44.9 Å². The molecule has 7 nitrogen and oxygen atoms in total. The van der Waals surface area contributed by atoms with Crippen LogP contribution in [0.3, 0.4) is 0 Å². The number of hydrazine groups is 1. The third-order valence-electron chi connectivity index (χ3n) is 5.23. The highest BCUT2D eigenvalue weighted by molar-refractivity contribution is 7.89. The van der Waals surface area contributed by atoms with Gasteiger partial charge >= 0.3 is 0 Å². The predicted molar refractivity (Wildman–Crippen MR) is 119 cm³/mol. The first-order valence-corrected chi connectivity index (χ1v) is 11.3. The maximum atomic E-state index is 12.9. The third kappa shape index (κ3) is 4.52. The first-order valence-electron chi connectivity index (χ1n) is 9.89. The minimum Gasteiger partial charge on any atom is -0.379 e. The number of rotatable bonds is 5. The SMILES string of the molecule is NNC(=O)c1cc(-c2ccccc2)cc(-c2ccc(S(=O)(=O)N3CCOCC3)cc2)c1. The average Bonchev–Trinajstić information content (AvgIpc) is 2.84. The fourth-order valence-electron chi connectivity index (χ4n) is 3.56. The van der Waals surface area contributed by atoms with Crippen molar-refractivity contribution in [3.63, 3.8) is 0 Å². The van der Waals surface area contributed by atoms with E-state index in [9.17, 15) is 13.2 Å². The number of nitrogens with zero attached hydrogens (tertiary/aromatic N) is 1. The molecule has 1 amide bonds. The standard InChI is InChI=1S/C23H23N3O4S/c24-25-23(27)21-15-19(17-4-2-1-3-5-17)14-20(16-21)18-6-8-22(9-7-18)31(28,29)26-10-12-30-13-11-26/h1-9,14-16H,10-13,24H2,(H,25,27). The molecule has 0 aromatic heterocycles. The van der Waals surface area contributed by atoms with Gasteiger partial charge in [0.15, 0.2) is 0 Å². The number of morpholine rings is 1. The second-order valence-corrected chi connectivity index (χ2v) is 9.12. The van der Waals surface area contributed by atoms with E-state index < -0.39 is 15.9 Å². The van der Waals surface area contributed by atoms with Crippen molar-refractivity contribution in [1.29, 1.82) is 0 Å². The molecule has 0 spiro atoms. The topological polar surface area (TPSA) is 102 Å². The van der Waals surface area contributed by atoms with E-state index in [4.69, 9.17) is 10.6 Å². The molecule has 0 bridgehead atoms. The summed E-state index contributed by atoms with van der Waals surface area (Å²) in [5.41, 5.74) is 6.00. The Labute approximate surface area is 181 Å². The largest absolute Gasteiger partial charge is 0.379 e. The Kier molecular flexibility index (Phi) is 6.15. The molecule has 0 saturated carbocycles. The summed E-state index contributed by atoms with van der Waals surface area (Å²) in [5.74, 6) is 4.94. The van der Waals surface area contributed by atoms with Crippen LogP contribution in [0.15, 0.2) is 77.7 Å². The Morgan fingerprint density at radius 2 is 1.42 bits per heavy atom. The van der Waals surface area contributed by atoms with Gasteiger partial charge in [0.25, 0.3) is 5.91 Å². The zero-order valence-corrected chi connectivity index (χ0v) is 17.6. The van der Waals surface area contributed by atoms with Crippen LogP contribution in [0.4, 0.5) is 0 Å². The van der Waals surface area contributed by atoms with Crippen molar-refractivity contribution in [3.05, 3.63) is 78.4 Å². The molecular formula is C23H23N3O4S. The van der Waals surface area contributed by atoms with Gasteiger partial charge in [0.05, 0.1) is 18.1 Å². The van der Waals surface area contributed by atoms with Crippen LogP contribution in [0.1, 0.15) is 10.4 Å². The molecule has 3 aromatic carbocycles. The monoisotopic (exact) mass is 437 g/mol. The van der Waals surface area contributed by atoms with Crippen LogP contribution in [0, 0.1) is 0 Å². The summed E-state index contributed by atoms with van der Waals surface area (Å²) in [6.07, 6.45) is 0. The summed E-state index contributed by atoms with van der Waals surface area (Å²) in [7, 11) is -3.56. The van der Waals surface area contributed by atoms with E-state index in [1.54, 1.807) is 36.4 Å². The maximum Gasteiger partial charge on any atom is 0.265 e. The van der Waals surface area contributed by atoms with Crippen molar-refractivity contribution in [2.45, 2.75) is 4.90 Å². The molecule has 0 atom stereocenters. The van der Waals surface area contributed by atoms with Gasteiger partial charge in [-0.15, -0.1) is 0 Å². The quantitative estimate of drug-likeness (QED) is 0.363. The Hall–Kier alpha value is -3.04. The lowest BCUT2D eigenvalue weighted by Crippen LogP contribution is -2.40. The number of ether oxygens (including phenoxy) is 1. The van der Waals surface area contributed by atoms with Crippen LogP contribution >= 0.6 is 0 Å². The van der Waals surface area contributed by atoms with Gasteiger partial charge in [-0.3, -0.25) is 10.2 Å². The summed E-state index contributed by atoms with van der Waals surface area (Å²) in [6, 6.07) is 21.9. The second-order valence-electron chi connectivity index (χ2n) is 7.18. The van der Waals surface area contributed by atoms with Gasteiger partial charge in [-0.05, 0) is 52.6 Å². The summed E-state index contributed by atoms with van der Waals surface area (Å²) < 4.78 is 32.4. The number of nitrogens with two attached hydrogens (primary N) is 1. The van der Waals surface area contributed by atoms with E-state index in [-0.39, 0.29) is 4.90 Å². The Bertz CT molecular complexity index is 1170. The van der Waals surface area contributed by atoms with Gasteiger partial charge in [-0.1, -0.05) is 42.5 Å². The van der Waals surface area contributed by atoms with Crippen LogP contribution in [-0.2, 0) is 14.8 Å². The molecule has 1 fully saturated rings. The van der Waals surface area contributed by atoms with Crippen LogP contribution in [0.25, 0.3) is 22.3 Å². The number of benzene rings is 3. The zero-order valence-electron chi connectivity index (χ0n) is 16.8. The minimum atomic E-state index is -3.56. The number of amides is 1. The van der Waals surface area contributed by atoms with Crippen molar-refractivity contribution in [2.24, 2.45) is 5.84 Å². The highest BCUT2D eigenvalue weighted by Crippen LogP contribution is 2.29. The molecule has 1 aliphatic rings. The summed E-state index contributed by atoms with van der Waals surface area (Å²) in [6.45, 7) is 1.49. The molecule has 3 aromatic rings. The summed E-state index contributed by atoms with van der Waals surface area (Å²) in [4.78, 5) is 12.4. The maximum absolute atomic E-state index is 12.9. The Morgan fingerprint density at radius 3 is 2.00 bits per heavy atom. The van der Waals surface area contributed by atoms with Crippen molar-refractivity contribution in [3.8, 4) is 22.3 Å². The van der Waals surface area contributed by atoms with E-state index in [0.29, 0.717) is 31.9 Å². The van der Waals surface area contributed by atoms with Crippen LogP contribution < -0.4 is 11.3 Å². The molecular weight excluding hydrogens is 414 g/mol. The van der Waals surface area contributed by atoms with Gasteiger partial charge in [0.1, 0.15) is 0 Å². The lowest BCUT2D eigenvalue weighted by Gasteiger charge is -2.26. The number of hydrogen-bond donors (Lipinski definition) is 2. The molecule has 0 radical (unpaired) electrons. The molecule has 0 aliphatic carbocycles. The summed E-state index contributed by atoms with van der Waals surface area (Å²) in [5, 5.41) is 0. The number of carbonyl (C=O) groups is 1. The first kappa shape index (κ1) is 21.2. The normalized spacial score (nSPS) is 14.9. The van der Waals surface area contributed by atoms with Crippen LogP contribution in [0.2, 0.25) is 0 Å². The van der Waals surface area contributed by atoms with Gasteiger partial charge in [-0.25, -0.2) is 14.3 Å². The molecule has 0 unspecified atom stereocenters. The van der Waals surface area contributed by atoms with E-state index in [0.717, 1.165) is 22.3 Å². The lowest BCUT2D eigenvalue weighted by atomic mass is 9.96. The molecule has 1 heterocycles. The predicted octanol–water partition coefficient (Wildman–Crippen LogP) is 2.65. The van der Waals surface area contributed by atoms with Gasteiger partial charge in [0.2, 0.25) is 10.0 Å². The van der Waals surface area contributed by atoms with Gasteiger partial charge in [-0.2, -0.15) is 4.31 Å². The van der Waals surface area contributed by atoms with Gasteiger partial charge in [0, 0.05) is 18.7 Å². The number of hydrogen-bond acceptors (Lipinski definition) is 5. The smallest absolute Gasteiger partial charge is 0.265 e. The number of nitrogen functional groups attached to an aromatic ring is 1. The molecule has 1 aliphatic heterocycles. The fraction of sp³-hybridized carbons (Fsp3) is 0.174. The molecule has 31 heavy (non-hydrogen) atoms.